The highest BCUT2D eigenvalue weighted by Crippen LogP contribution is 2.15. The van der Waals surface area contributed by atoms with E-state index >= 15 is 0 Å². The molecule has 1 amide bonds. The molecule has 4 nitrogen and oxygen atoms in total. The van der Waals surface area contributed by atoms with E-state index in [1.165, 1.54) is 4.90 Å². The topological polar surface area (TPSA) is 38.8 Å². The molecule has 98 valence electrons. The molecule has 1 rings (SSSR count). The summed E-state index contributed by atoms with van der Waals surface area (Å²) in [4.78, 5) is 12.2. The van der Waals surface area contributed by atoms with Gasteiger partial charge in [-0.15, -0.1) is 0 Å². The van der Waals surface area contributed by atoms with Gasteiger partial charge in [0, 0.05) is 6.54 Å². The maximum Gasteiger partial charge on any atom is 0.256 e. The van der Waals surface area contributed by atoms with E-state index in [0.29, 0.717) is 19.7 Å². The first-order valence-electron chi connectivity index (χ1n) is 5.38. The van der Waals surface area contributed by atoms with E-state index in [1.807, 2.05) is 13.8 Å². The Bertz CT molecular complexity index is 296. The smallest absolute Gasteiger partial charge is 0.256 e. The molecule has 0 radical (unpaired) electrons. The number of ether oxygens (including phenoxy) is 2. The van der Waals surface area contributed by atoms with E-state index < -0.39 is 11.1 Å². The Morgan fingerprint density at radius 3 is 2.65 bits per heavy atom. The number of halogens is 2. The van der Waals surface area contributed by atoms with Crippen LogP contribution in [0.1, 0.15) is 13.8 Å². The summed E-state index contributed by atoms with van der Waals surface area (Å²) in [6, 6.07) is 0. The van der Waals surface area contributed by atoms with Crippen molar-refractivity contribution in [2.45, 2.75) is 31.1 Å². The molecule has 0 aromatic rings. The number of rotatable bonds is 5. The van der Waals surface area contributed by atoms with Crippen LogP contribution < -0.4 is 0 Å². The van der Waals surface area contributed by atoms with Gasteiger partial charge in [0.2, 0.25) is 0 Å². The zero-order chi connectivity index (χ0) is 13.0. The second kappa shape index (κ2) is 6.59. The number of hydrogen-bond donors (Lipinski definition) is 0. The number of alkyl halides is 2. The highest BCUT2D eigenvalue weighted by atomic mass is 35.5. The highest BCUT2D eigenvalue weighted by molar-refractivity contribution is 6.53. The number of hydrogen-bond acceptors (Lipinski definition) is 3. The van der Waals surface area contributed by atoms with Gasteiger partial charge in [-0.05, 0) is 13.8 Å². The average Bonchev–Trinajstić information content (AvgIpc) is 2.61. The van der Waals surface area contributed by atoms with E-state index in [-0.39, 0.29) is 12.0 Å². The molecular weight excluding hydrogens is 265 g/mol. The standard InChI is InChI=1S/C11H17Cl2NO3/c1-7(2)4-14(11(15)10(12)13)5-9-16-6-8(3)17-9/h8-10H,1,4-6H2,2-3H3. The molecule has 0 aromatic carbocycles. The summed E-state index contributed by atoms with van der Waals surface area (Å²) in [5.41, 5.74) is 0.846. The van der Waals surface area contributed by atoms with E-state index in [4.69, 9.17) is 32.7 Å². The van der Waals surface area contributed by atoms with E-state index in [1.54, 1.807) is 0 Å². The van der Waals surface area contributed by atoms with Gasteiger partial charge in [-0.25, -0.2) is 0 Å². The van der Waals surface area contributed by atoms with Crippen molar-refractivity contribution >= 4 is 29.1 Å². The molecule has 0 saturated carbocycles. The van der Waals surface area contributed by atoms with Crippen LogP contribution in [0.5, 0.6) is 0 Å². The fourth-order valence-corrected chi connectivity index (χ4v) is 1.83. The summed E-state index contributed by atoms with van der Waals surface area (Å²) in [7, 11) is 0. The van der Waals surface area contributed by atoms with Crippen molar-refractivity contribution in [3.05, 3.63) is 12.2 Å². The summed E-state index contributed by atoms with van der Waals surface area (Å²) < 4.78 is 10.8. The Morgan fingerprint density at radius 2 is 2.24 bits per heavy atom. The predicted molar refractivity (Wildman–Crippen MR) is 67.2 cm³/mol. The largest absolute Gasteiger partial charge is 0.348 e. The van der Waals surface area contributed by atoms with Gasteiger partial charge < -0.3 is 14.4 Å². The molecule has 0 N–H and O–H groups in total. The molecule has 2 atom stereocenters. The summed E-state index contributed by atoms with van der Waals surface area (Å²) in [5.74, 6) is -0.358. The van der Waals surface area contributed by atoms with Gasteiger partial charge in [0.05, 0.1) is 19.3 Å². The maximum absolute atomic E-state index is 11.8. The second-order valence-electron chi connectivity index (χ2n) is 4.19. The number of amides is 1. The lowest BCUT2D eigenvalue weighted by molar-refractivity contribution is -0.135. The van der Waals surface area contributed by atoms with E-state index in [9.17, 15) is 4.79 Å². The monoisotopic (exact) mass is 281 g/mol. The molecule has 6 heteroatoms. The van der Waals surface area contributed by atoms with E-state index in [0.717, 1.165) is 5.57 Å². The van der Waals surface area contributed by atoms with Gasteiger partial charge in [-0.1, -0.05) is 35.4 Å². The zero-order valence-corrected chi connectivity index (χ0v) is 11.5. The van der Waals surface area contributed by atoms with Crippen molar-refractivity contribution in [1.29, 1.82) is 0 Å². The van der Waals surface area contributed by atoms with Crippen molar-refractivity contribution < 1.29 is 14.3 Å². The second-order valence-corrected chi connectivity index (χ2v) is 5.28. The number of nitrogens with zero attached hydrogens (tertiary/aromatic N) is 1. The molecule has 1 saturated heterocycles. The molecule has 1 aliphatic rings. The average molecular weight is 282 g/mol. The lowest BCUT2D eigenvalue weighted by Crippen LogP contribution is -2.41. The van der Waals surface area contributed by atoms with E-state index in [2.05, 4.69) is 6.58 Å². The predicted octanol–water partition coefficient (Wildman–Crippen LogP) is 1.96. The first-order valence-corrected chi connectivity index (χ1v) is 6.25. The van der Waals surface area contributed by atoms with Gasteiger partial charge in [-0.2, -0.15) is 0 Å². The molecular formula is C11H17Cl2NO3. The Hall–Kier alpha value is -0.290. The normalized spacial score (nSPS) is 24.1. The lowest BCUT2D eigenvalue weighted by atomic mass is 10.3. The number of carbonyl (C=O) groups is 1. The minimum atomic E-state index is -1.08. The summed E-state index contributed by atoms with van der Waals surface area (Å²) >= 11 is 11.2. The zero-order valence-electron chi connectivity index (χ0n) is 9.99. The molecule has 0 spiro atoms. The van der Waals surface area contributed by atoms with Gasteiger partial charge in [0.15, 0.2) is 11.1 Å². The van der Waals surface area contributed by atoms with Crippen LogP contribution in [0.25, 0.3) is 0 Å². The minimum Gasteiger partial charge on any atom is -0.348 e. The van der Waals surface area contributed by atoms with Crippen LogP contribution in [0.15, 0.2) is 12.2 Å². The van der Waals surface area contributed by atoms with Crippen LogP contribution in [0, 0.1) is 0 Å². The van der Waals surface area contributed by atoms with Crippen molar-refractivity contribution in [3.63, 3.8) is 0 Å². The van der Waals surface area contributed by atoms with Crippen LogP contribution in [-0.2, 0) is 14.3 Å². The Morgan fingerprint density at radius 1 is 1.59 bits per heavy atom. The molecule has 0 aliphatic carbocycles. The fraction of sp³-hybridized carbons (Fsp3) is 0.727. The maximum atomic E-state index is 11.8. The van der Waals surface area contributed by atoms with Crippen LogP contribution in [-0.4, -0.2) is 47.7 Å². The first-order chi connectivity index (χ1) is 7.90. The van der Waals surface area contributed by atoms with Gasteiger partial charge in [0.25, 0.3) is 5.91 Å². The first kappa shape index (κ1) is 14.8. The third kappa shape index (κ3) is 4.84. The minimum absolute atomic E-state index is 0.0459. The Balaban J connectivity index is 2.57. The van der Waals surface area contributed by atoms with Crippen molar-refractivity contribution in [2.75, 3.05) is 19.7 Å². The van der Waals surface area contributed by atoms with Gasteiger partial charge in [-0.3, -0.25) is 4.79 Å². The highest BCUT2D eigenvalue weighted by Gasteiger charge is 2.28. The summed E-state index contributed by atoms with van der Waals surface area (Å²) in [6.45, 7) is 8.75. The fourth-order valence-electron chi connectivity index (χ4n) is 1.55. The molecule has 1 aliphatic heterocycles. The molecule has 2 unspecified atom stereocenters. The molecule has 1 heterocycles. The molecule has 0 aromatic heterocycles. The van der Waals surface area contributed by atoms with Crippen molar-refractivity contribution in [1.82, 2.24) is 4.90 Å². The van der Waals surface area contributed by atoms with Crippen molar-refractivity contribution in [2.24, 2.45) is 0 Å². The molecule has 1 fully saturated rings. The third-order valence-corrected chi connectivity index (χ3v) is 2.60. The quantitative estimate of drug-likeness (QED) is 0.571. The van der Waals surface area contributed by atoms with Crippen LogP contribution in [0.4, 0.5) is 0 Å². The Kier molecular flexibility index (Phi) is 5.73. The van der Waals surface area contributed by atoms with Crippen molar-refractivity contribution in [3.8, 4) is 0 Å². The third-order valence-electron chi connectivity index (χ3n) is 2.23. The van der Waals surface area contributed by atoms with Crippen LogP contribution in [0.2, 0.25) is 0 Å². The van der Waals surface area contributed by atoms with Crippen LogP contribution in [0.3, 0.4) is 0 Å². The van der Waals surface area contributed by atoms with Gasteiger partial charge >= 0.3 is 0 Å². The van der Waals surface area contributed by atoms with Gasteiger partial charge in [0.1, 0.15) is 0 Å². The summed E-state index contributed by atoms with van der Waals surface area (Å²) in [5, 5.41) is 0. The Labute approximate surface area is 111 Å². The SMILES string of the molecule is C=C(C)CN(CC1OCC(C)O1)C(=O)C(Cl)Cl. The molecule has 0 bridgehead atoms. The van der Waals surface area contributed by atoms with Crippen LogP contribution >= 0.6 is 23.2 Å². The lowest BCUT2D eigenvalue weighted by Gasteiger charge is -2.25. The molecule has 17 heavy (non-hydrogen) atoms. The summed E-state index contributed by atoms with van der Waals surface area (Å²) in [6.07, 6.45) is -0.370. The number of carbonyl (C=O) groups excluding carboxylic acids is 1.